The molecule has 1 N–H and O–H groups in total. The molecule has 3 aromatic rings. The van der Waals surface area contributed by atoms with Gasteiger partial charge in [-0.3, -0.25) is 9.78 Å². The van der Waals surface area contributed by atoms with Gasteiger partial charge in [0, 0.05) is 36.8 Å². The smallest absolute Gasteiger partial charge is 0.289 e. The molecule has 3 heterocycles. The summed E-state index contributed by atoms with van der Waals surface area (Å²) in [6, 6.07) is 3.82. The zero-order valence-corrected chi connectivity index (χ0v) is 15.1. The zero-order valence-electron chi connectivity index (χ0n) is 15.1. The molecule has 1 unspecified atom stereocenters. The van der Waals surface area contributed by atoms with E-state index in [0.717, 1.165) is 42.0 Å². The van der Waals surface area contributed by atoms with E-state index in [-0.39, 0.29) is 17.8 Å². The minimum absolute atomic E-state index is 0.180. The largest absolute Gasteiger partial charge is 0.441 e. The number of rotatable bonds is 4. The molecule has 8 nitrogen and oxygen atoms in total. The summed E-state index contributed by atoms with van der Waals surface area (Å²) < 4.78 is 7.51. The highest BCUT2D eigenvalue weighted by molar-refractivity contribution is 5.90. The van der Waals surface area contributed by atoms with E-state index in [4.69, 9.17) is 9.40 Å². The molecule has 0 aliphatic heterocycles. The molecule has 8 heteroatoms. The molecule has 27 heavy (non-hydrogen) atoms. The number of carbonyl (C=O) groups excluding carboxylic acids is 1. The first-order valence-corrected chi connectivity index (χ1v) is 9.30. The van der Waals surface area contributed by atoms with Crippen molar-refractivity contribution in [1.82, 2.24) is 30.0 Å². The lowest BCUT2D eigenvalue weighted by Crippen LogP contribution is -2.32. The minimum Gasteiger partial charge on any atom is -0.441 e. The minimum atomic E-state index is -0.252. The highest BCUT2D eigenvalue weighted by Gasteiger charge is 2.30. The molecule has 5 rings (SSSR count). The van der Waals surface area contributed by atoms with Gasteiger partial charge in [0.15, 0.2) is 0 Å². The van der Waals surface area contributed by atoms with E-state index in [0.29, 0.717) is 11.8 Å². The van der Waals surface area contributed by atoms with Crippen LogP contribution in [0.4, 0.5) is 0 Å². The predicted molar refractivity (Wildman–Crippen MR) is 95.9 cm³/mol. The van der Waals surface area contributed by atoms with Crippen LogP contribution in [-0.4, -0.2) is 30.6 Å². The standard InChI is InChI=1S/C19H20N6O2/c1-25-17(21-10-22-25)18(26)23-13-3-2-4-15-16(13)24-19(27-15)12-7-8-20-14(9-12)11-5-6-11/h7-11,13H,2-6H2,1H3,(H,23,26). The molecule has 0 radical (unpaired) electrons. The van der Waals surface area contributed by atoms with Crippen LogP contribution in [0.1, 0.15) is 65.4 Å². The van der Waals surface area contributed by atoms with E-state index >= 15 is 0 Å². The van der Waals surface area contributed by atoms with Crippen molar-refractivity contribution in [1.29, 1.82) is 0 Å². The average Bonchev–Trinajstić information content (AvgIpc) is 3.29. The number of nitrogens with one attached hydrogen (secondary N) is 1. The molecule has 3 aromatic heterocycles. The van der Waals surface area contributed by atoms with Gasteiger partial charge in [-0.1, -0.05) is 0 Å². The van der Waals surface area contributed by atoms with Gasteiger partial charge < -0.3 is 9.73 Å². The van der Waals surface area contributed by atoms with Crippen LogP contribution >= 0.6 is 0 Å². The van der Waals surface area contributed by atoms with Crippen molar-refractivity contribution < 1.29 is 9.21 Å². The SMILES string of the molecule is Cn1ncnc1C(=O)NC1CCCc2oc(-c3ccnc(C4CC4)c3)nc21. The predicted octanol–water partition coefficient (Wildman–Crippen LogP) is 2.55. The second-order valence-corrected chi connectivity index (χ2v) is 7.20. The quantitative estimate of drug-likeness (QED) is 0.764. The van der Waals surface area contributed by atoms with Gasteiger partial charge in [0.1, 0.15) is 17.8 Å². The van der Waals surface area contributed by atoms with E-state index in [1.165, 1.54) is 23.9 Å². The Hall–Kier alpha value is -3.03. The van der Waals surface area contributed by atoms with Gasteiger partial charge >= 0.3 is 0 Å². The fraction of sp³-hybridized carbons (Fsp3) is 0.421. The van der Waals surface area contributed by atoms with Gasteiger partial charge in [-0.25, -0.2) is 14.6 Å². The zero-order chi connectivity index (χ0) is 18.4. The summed E-state index contributed by atoms with van der Waals surface area (Å²) in [6.45, 7) is 0. The van der Waals surface area contributed by atoms with Gasteiger partial charge in [0.25, 0.3) is 5.91 Å². The Morgan fingerprint density at radius 2 is 2.19 bits per heavy atom. The van der Waals surface area contributed by atoms with Crippen LogP contribution in [0.5, 0.6) is 0 Å². The second-order valence-electron chi connectivity index (χ2n) is 7.20. The Balaban J connectivity index is 1.42. The summed E-state index contributed by atoms with van der Waals surface area (Å²) in [6.07, 6.45) is 8.19. The first-order valence-electron chi connectivity index (χ1n) is 9.30. The number of fused-ring (bicyclic) bond motifs is 1. The van der Waals surface area contributed by atoms with Crippen molar-refractivity contribution in [3.63, 3.8) is 0 Å². The lowest BCUT2D eigenvalue weighted by molar-refractivity contribution is 0.0916. The molecule has 138 valence electrons. The Bertz CT molecular complexity index is 1000. The molecule has 1 saturated carbocycles. The first-order chi connectivity index (χ1) is 13.2. The lowest BCUT2D eigenvalue weighted by atomic mass is 9.97. The molecular weight excluding hydrogens is 344 g/mol. The monoisotopic (exact) mass is 364 g/mol. The normalized spacial score (nSPS) is 18.9. The molecular formula is C19H20N6O2. The Kier molecular flexibility index (Phi) is 3.77. The van der Waals surface area contributed by atoms with E-state index in [1.807, 2.05) is 12.3 Å². The van der Waals surface area contributed by atoms with Crippen LogP contribution in [0.15, 0.2) is 29.1 Å². The molecule has 2 aliphatic rings. The molecule has 0 saturated heterocycles. The highest BCUT2D eigenvalue weighted by Crippen LogP contribution is 2.40. The molecule has 1 atom stereocenters. The summed E-state index contributed by atoms with van der Waals surface area (Å²) in [5.74, 6) is 2.06. The number of aromatic nitrogens is 5. The van der Waals surface area contributed by atoms with Crippen molar-refractivity contribution in [3.05, 3.63) is 47.6 Å². The van der Waals surface area contributed by atoms with Crippen LogP contribution in [0.25, 0.3) is 11.5 Å². The van der Waals surface area contributed by atoms with Crippen LogP contribution in [0.2, 0.25) is 0 Å². The summed E-state index contributed by atoms with van der Waals surface area (Å²) in [7, 11) is 1.70. The Morgan fingerprint density at radius 3 is 2.96 bits per heavy atom. The highest BCUT2D eigenvalue weighted by atomic mass is 16.4. The Labute approximate surface area is 156 Å². The van der Waals surface area contributed by atoms with Crippen molar-refractivity contribution >= 4 is 5.91 Å². The van der Waals surface area contributed by atoms with E-state index < -0.39 is 0 Å². The van der Waals surface area contributed by atoms with Gasteiger partial charge in [-0.2, -0.15) is 5.10 Å². The number of aryl methyl sites for hydroxylation is 2. The number of oxazole rings is 1. The topological polar surface area (TPSA) is 98.7 Å². The van der Waals surface area contributed by atoms with Crippen molar-refractivity contribution in [3.8, 4) is 11.5 Å². The van der Waals surface area contributed by atoms with E-state index in [2.05, 4.69) is 26.4 Å². The fourth-order valence-electron chi connectivity index (χ4n) is 3.59. The third kappa shape index (κ3) is 3.01. The number of hydrogen-bond acceptors (Lipinski definition) is 6. The van der Waals surface area contributed by atoms with Crippen LogP contribution in [-0.2, 0) is 13.5 Å². The molecule has 0 aromatic carbocycles. The summed E-state index contributed by atoms with van der Waals surface area (Å²) >= 11 is 0. The van der Waals surface area contributed by atoms with E-state index in [9.17, 15) is 4.79 Å². The molecule has 0 spiro atoms. The van der Waals surface area contributed by atoms with Crippen molar-refractivity contribution in [2.24, 2.45) is 7.05 Å². The summed E-state index contributed by atoms with van der Waals surface area (Å²) in [4.78, 5) is 25.7. The summed E-state index contributed by atoms with van der Waals surface area (Å²) in [5.41, 5.74) is 2.87. The number of carbonyl (C=O) groups is 1. The van der Waals surface area contributed by atoms with Gasteiger partial charge in [0.05, 0.1) is 6.04 Å². The van der Waals surface area contributed by atoms with Crippen LogP contribution in [0.3, 0.4) is 0 Å². The molecule has 2 aliphatic carbocycles. The third-order valence-electron chi connectivity index (χ3n) is 5.20. The number of nitrogens with zero attached hydrogens (tertiary/aromatic N) is 5. The number of hydrogen-bond donors (Lipinski definition) is 1. The van der Waals surface area contributed by atoms with Crippen LogP contribution in [0, 0.1) is 0 Å². The van der Waals surface area contributed by atoms with E-state index in [1.54, 1.807) is 7.05 Å². The van der Waals surface area contributed by atoms with Crippen molar-refractivity contribution in [2.75, 3.05) is 0 Å². The van der Waals surface area contributed by atoms with Crippen molar-refractivity contribution in [2.45, 2.75) is 44.1 Å². The molecule has 1 fully saturated rings. The van der Waals surface area contributed by atoms with Gasteiger partial charge in [0.2, 0.25) is 11.7 Å². The summed E-state index contributed by atoms with van der Waals surface area (Å²) in [5, 5.41) is 6.98. The number of amides is 1. The second kappa shape index (κ2) is 6.29. The number of pyridine rings is 1. The maximum Gasteiger partial charge on any atom is 0.289 e. The third-order valence-corrected chi connectivity index (χ3v) is 5.20. The average molecular weight is 364 g/mol. The van der Waals surface area contributed by atoms with Crippen LogP contribution < -0.4 is 5.32 Å². The lowest BCUT2D eigenvalue weighted by Gasteiger charge is -2.20. The van der Waals surface area contributed by atoms with Gasteiger partial charge in [-0.05, 0) is 37.8 Å². The fourth-order valence-corrected chi connectivity index (χ4v) is 3.59. The van der Waals surface area contributed by atoms with Gasteiger partial charge in [-0.15, -0.1) is 0 Å². The molecule has 1 amide bonds. The first kappa shape index (κ1) is 16.2. The Morgan fingerprint density at radius 1 is 1.30 bits per heavy atom. The maximum absolute atomic E-state index is 12.5. The molecule has 0 bridgehead atoms. The maximum atomic E-state index is 12.5.